The van der Waals surface area contributed by atoms with E-state index in [1.54, 1.807) is 23.3 Å². The second-order valence-electron chi connectivity index (χ2n) is 7.07. The van der Waals surface area contributed by atoms with E-state index in [2.05, 4.69) is 34.8 Å². The highest BCUT2D eigenvalue weighted by Gasteiger charge is 2.29. The first-order chi connectivity index (χ1) is 13.9. The van der Waals surface area contributed by atoms with Gasteiger partial charge in [-0.2, -0.15) is 0 Å². The Morgan fingerprint density at radius 2 is 1.90 bits per heavy atom. The summed E-state index contributed by atoms with van der Waals surface area (Å²) in [6.45, 7) is 2.68. The van der Waals surface area contributed by atoms with Gasteiger partial charge in [0.25, 0.3) is 15.9 Å². The number of amidine groups is 1. The van der Waals surface area contributed by atoms with Crippen molar-refractivity contribution in [2.45, 2.75) is 13.5 Å². The highest BCUT2D eigenvalue weighted by atomic mass is 32.2. The molecule has 6 nitrogen and oxygen atoms in total. The molecule has 0 aliphatic carbocycles. The highest BCUT2D eigenvalue weighted by Crippen LogP contribution is 2.22. The van der Waals surface area contributed by atoms with Crippen LogP contribution in [0.15, 0.2) is 76.9 Å². The van der Waals surface area contributed by atoms with Gasteiger partial charge in [0.05, 0.1) is 11.3 Å². The van der Waals surface area contributed by atoms with Gasteiger partial charge in [-0.25, -0.2) is 8.42 Å². The maximum absolute atomic E-state index is 12.7. The first kappa shape index (κ1) is 19.1. The lowest BCUT2D eigenvalue weighted by Crippen LogP contribution is -2.42. The van der Waals surface area contributed by atoms with Crippen LogP contribution >= 0.6 is 0 Å². The van der Waals surface area contributed by atoms with Crippen LogP contribution in [0.1, 0.15) is 11.1 Å². The number of allylic oxidation sites excluding steroid dienone is 2. The van der Waals surface area contributed by atoms with E-state index >= 15 is 0 Å². The molecule has 0 bridgehead atoms. The minimum Gasteiger partial charge on any atom is -0.348 e. The van der Waals surface area contributed by atoms with E-state index in [9.17, 15) is 13.2 Å². The Hall–Kier alpha value is -3.19. The average molecular weight is 407 g/mol. The van der Waals surface area contributed by atoms with E-state index in [1.807, 2.05) is 30.3 Å². The normalized spacial score (nSPS) is 17.2. The second-order valence-corrected chi connectivity index (χ2v) is 8.82. The van der Waals surface area contributed by atoms with Crippen LogP contribution in [0.2, 0.25) is 0 Å². The minimum absolute atomic E-state index is 0.0541. The van der Waals surface area contributed by atoms with Crippen LogP contribution in [-0.2, 0) is 21.4 Å². The molecule has 0 atom stereocenters. The van der Waals surface area contributed by atoms with Gasteiger partial charge in [-0.3, -0.25) is 4.79 Å². The fraction of sp³-hybridized carbons (Fsp3) is 0.182. The minimum atomic E-state index is -3.53. The van der Waals surface area contributed by atoms with Crippen molar-refractivity contribution in [3.05, 3.63) is 83.6 Å². The molecular formula is C22H21N3O3S. The number of hydrogen-bond donors (Lipinski definition) is 1. The molecule has 2 aliphatic rings. The molecule has 0 spiro atoms. The highest BCUT2D eigenvalue weighted by molar-refractivity contribution is 7.90. The topological polar surface area (TPSA) is 78.8 Å². The average Bonchev–Trinajstić information content (AvgIpc) is 2.71. The van der Waals surface area contributed by atoms with Gasteiger partial charge in [-0.05, 0) is 41.8 Å². The third-order valence-electron chi connectivity index (χ3n) is 4.83. The van der Waals surface area contributed by atoms with Crippen molar-refractivity contribution >= 4 is 21.8 Å². The van der Waals surface area contributed by atoms with Gasteiger partial charge in [0.2, 0.25) is 0 Å². The molecule has 0 saturated carbocycles. The quantitative estimate of drug-likeness (QED) is 0.845. The first-order valence-corrected chi connectivity index (χ1v) is 10.9. The Morgan fingerprint density at radius 3 is 2.69 bits per heavy atom. The van der Waals surface area contributed by atoms with Crippen molar-refractivity contribution in [1.29, 1.82) is 0 Å². The van der Waals surface area contributed by atoms with Gasteiger partial charge in [-0.1, -0.05) is 48.0 Å². The summed E-state index contributed by atoms with van der Waals surface area (Å²) in [6, 6.07) is 16.2. The molecule has 7 heteroatoms. The summed E-state index contributed by atoms with van der Waals surface area (Å²) in [5, 5.41) is 2.88. The molecule has 0 unspecified atom stereocenters. The molecule has 0 saturated heterocycles. The molecule has 0 aromatic heterocycles. The van der Waals surface area contributed by atoms with Crippen molar-refractivity contribution in [2.24, 2.45) is 4.40 Å². The van der Waals surface area contributed by atoms with E-state index < -0.39 is 10.0 Å². The van der Waals surface area contributed by atoms with Crippen LogP contribution < -0.4 is 5.32 Å². The molecule has 0 fully saturated rings. The zero-order valence-corrected chi connectivity index (χ0v) is 16.8. The van der Waals surface area contributed by atoms with E-state index in [-0.39, 0.29) is 23.1 Å². The van der Waals surface area contributed by atoms with Crippen molar-refractivity contribution < 1.29 is 13.2 Å². The van der Waals surface area contributed by atoms with Gasteiger partial charge in [0.1, 0.15) is 0 Å². The van der Waals surface area contributed by atoms with Crippen LogP contribution in [0.25, 0.3) is 11.1 Å². The number of carbonyl (C=O) groups excluding carboxylic acids is 1. The molecule has 2 aliphatic heterocycles. The number of nitrogens with one attached hydrogen (secondary N) is 1. The Bertz CT molecular complexity index is 1160. The summed E-state index contributed by atoms with van der Waals surface area (Å²) in [6.07, 6.45) is 5.05. The summed E-state index contributed by atoms with van der Waals surface area (Å²) in [4.78, 5) is 14.4. The number of amides is 1. The summed E-state index contributed by atoms with van der Waals surface area (Å²) in [5.74, 6) is -0.220. The maximum atomic E-state index is 12.7. The molecular weight excluding hydrogens is 386 g/mol. The van der Waals surface area contributed by atoms with Crippen molar-refractivity contribution in [1.82, 2.24) is 10.2 Å². The molecule has 2 aromatic carbocycles. The molecule has 2 aromatic rings. The van der Waals surface area contributed by atoms with Crippen LogP contribution in [0.3, 0.4) is 0 Å². The van der Waals surface area contributed by atoms with E-state index in [0.717, 1.165) is 16.7 Å². The predicted molar refractivity (Wildman–Crippen MR) is 114 cm³/mol. The molecule has 1 amide bonds. The van der Waals surface area contributed by atoms with Crippen LogP contribution in [0.4, 0.5) is 0 Å². The van der Waals surface area contributed by atoms with E-state index in [4.69, 9.17) is 0 Å². The number of nitrogens with zero attached hydrogens (tertiary/aromatic N) is 2. The summed E-state index contributed by atoms with van der Waals surface area (Å²) >= 11 is 0. The summed E-state index contributed by atoms with van der Waals surface area (Å²) in [5.41, 5.74) is 4.60. The molecule has 148 valence electrons. The lowest BCUT2D eigenvalue weighted by atomic mass is 10.0. The smallest absolute Gasteiger partial charge is 0.256 e. The van der Waals surface area contributed by atoms with Crippen LogP contribution in [0, 0.1) is 6.92 Å². The summed E-state index contributed by atoms with van der Waals surface area (Å²) in [7, 11) is -3.53. The molecule has 0 radical (unpaired) electrons. The first-order valence-electron chi connectivity index (χ1n) is 9.34. The molecule has 29 heavy (non-hydrogen) atoms. The summed E-state index contributed by atoms with van der Waals surface area (Å²) < 4.78 is 27.5. The number of benzene rings is 2. The van der Waals surface area contributed by atoms with Crippen LogP contribution in [0.5, 0.6) is 0 Å². The monoisotopic (exact) mass is 407 g/mol. The Kier molecular flexibility index (Phi) is 5.07. The van der Waals surface area contributed by atoms with Crippen LogP contribution in [-0.4, -0.2) is 37.4 Å². The van der Waals surface area contributed by atoms with Gasteiger partial charge in [0, 0.05) is 19.3 Å². The number of rotatable bonds is 4. The Balaban J connectivity index is 1.50. The number of fused-ring (bicyclic) bond motifs is 1. The van der Waals surface area contributed by atoms with Gasteiger partial charge < -0.3 is 10.2 Å². The number of carbonyl (C=O) groups is 1. The van der Waals surface area contributed by atoms with Gasteiger partial charge in [0.15, 0.2) is 5.84 Å². The maximum Gasteiger partial charge on any atom is 0.256 e. The fourth-order valence-electron chi connectivity index (χ4n) is 3.36. The largest absolute Gasteiger partial charge is 0.348 e. The SMILES string of the molecule is Cc1cccc(-c2cccc(CNC(=O)C3=CC=CN4CCS(=O)(=O)N=C34)c2)c1. The molecule has 1 N–H and O–H groups in total. The van der Waals surface area contributed by atoms with Crippen molar-refractivity contribution in [3.8, 4) is 11.1 Å². The van der Waals surface area contributed by atoms with Crippen molar-refractivity contribution in [3.63, 3.8) is 0 Å². The third kappa shape index (κ3) is 4.30. The third-order valence-corrected chi connectivity index (χ3v) is 5.98. The number of aryl methyl sites for hydroxylation is 1. The lowest BCUT2D eigenvalue weighted by molar-refractivity contribution is -0.117. The molecule has 4 rings (SSSR count). The van der Waals surface area contributed by atoms with Gasteiger partial charge in [-0.15, -0.1) is 4.40 Å². The predicted octanol–water partition coefficient (Wildman–Crippen LogP) is 2.78. The number of hydrogen-bond acceptors (Lipinski definition) is 4. The molecule has 2 heterocycles. The Morgan fingerprint density at radius 1 is 1.14 bits per heavy atom. The van der Waals surface area contributed by atoms with Crippen molar-refractivity contribution in [2.75, 3.05) is 12.3 Å². The zero-order chi connectivity index (χ0) is 20.4. The zero-order valence-electron chi connectivity index (χ0n) is 16.0. The number of sulfonamides is 1. The second kappa shape index (κ2) is 7.67. The Labute approximate surface area is 170 Å². The van der Waals surface area contributed by atoms with E-state index in [1.165, 1.54) is 5.56 Å². The fourth-order valence-corrected chi connectivity index (χ4v) is 4.34. The van der Waals surface area contributed by atoms with E-state index in [0.29, 0.717) is 13.1 Å². The lowest BCUT2D eigenvalue weighted by Gasteiger charge is -2.28. The standard InChI is InChI=1S/C22H21N3O3S/c1-16-5-2-7-18(13-16)19-8-3-6-17(14-19)15-23-22(26)20-9-4-10-25-11-12-29(27,28)24-21(20)25/h2-10,13-14H,11-12,15H2,1H3,(H,23,26). The van der Waals surface area contributed by atoms with Gasteiger partial charge >= 0.3 is 0 Å².